The smallest absolute Gasteiger partial charge is 0.172 e. The fourth-order valence-electron chi connectivity index (χ4n) is 1.76. The van der Waals surface area contributed by atoms with Gasteiger partial charge < -0.3 is 0 Å². The lowest BCUT2D eigenvalue weighted by atomic mass is 9.73. The number of nitrogens with zero attached hydrogens (tertiary/aromatic N) is 1. The van der Waals surface area contributed by atoms with Crippen LogP contribution in [-0.4, -0.2) is 13.9 Å². The van der Waals surface area contributed by atoms with Gasteiger partial charge in [-0.2, -0.15) is 5.26 Å². The molecule has 0 saturated carbocycles. The van der Waals surface area contributed by atoms with Gasteiger partial charge in [-0.05, 0) is 18.9 Å². The molecule has 1 rings (SSSR count). The van der Waals surface area contributed by atoms with Crippen molar-refractivity contribution in [2.75, 3.05) is 0 Å². The van der Waals surface area contributed by atoms with Crippen molar-refractivity contribution in [3.8, 4) is 17.5 Å². The predicted molar refractivity (Wildman–Crippen MR) is 71.7 cm³/mol. The Hall–Kier alpha value is -1.32. The molecule has 2 atom stereocenters. The molecule has 0 aromatic carbocycles. The van der Waals surface area contributed by atoms with Crippen LogP contribution in [-0.2, 0) is 4.79 Å². The number of carbonyl (C=O) groups excluding carboxylic acids is 1. The summed E-state index contributed by atoms with van der Waals surface area (Å²) in [6, 6.07) is 2.08. The standard InChI is InChI=1S/C14H19NOSi/c1-5-14(8-9-17(2,3)4)7-6-13(16)12(10-14)11-15/h6-7,12H,5,10H2,1-4H3. The summed E-state index contributed by atoms with van der Waals surface area (Å²) in [5.41, 5.74) is 3.09. The summed E-state index contributed by atoms with van der Waals surface area (Å²) >= 11 is 0. The van der Waals surface area contributed by atoms with E-state index in [0.29, 0.717) is 6.42 Å². The van der Waals surface area contributed by atoms with Crippen LogP contribution in [0, 0.1) is 34.1 Å². The zero-order valence-corrected chi connectivity index (χ0v) is 12.0. The molecule has 0 amide bonds. The second-order valence-electron chi connectivity index (χ2n) is 5.63. The Morgan fingerprint density at radius 2 is 2.18 bits per heavy atom. The topological polar surface area (TPSA) is 40.9 Å². The van der Waals surface area contributed by atoms with E-state index < -0.39 is 14.0 Å². The Bertz CT molecular complexity index is 442. The first kappa shape index (κ1) is 13.7. The van der Waals surface area contributed by atoms with Crippen LogP contribution in [0.4, 0.5) is 0 Å². The number of hydrogen-bond donors (Lipinski definition) is 0. The van der Waals surface area contributed by atoms with Crippen LogP contribution >= 0.6 is 0 Å². The molecule has 0 radical (unpaired) electrons. The van der Waals surface area contributed by atoms with Crippen molar-refractivity contribution >= 4 is 13.9 Å². The Kier molecular flexibility index (Phi) is 3.96. The van der Waals surface area contributed by atoms with E-state index in [1.54, 1.807) is 6.08 Å². The molecule has 1 aliphatic rings. The van der Waals surface area contributed by atoms with Crippen LogP contribution in [0.1, 0.15) is 19.8 Å². The highest BCUT2D eigenvalue weighted by Gasteiger charge is 2.34. The van der Waals surface area contributed by atoms with E-state index in [1.165, 1.54) is 0 Å². The van der Waals surface area contributed by atoms with Crippen molar-refractivity contribution < 1.29 is 4.79 Å². The minimum Gasteiger partial charge on any atom is -0.293 e. The van der Waals surface area contributed by atoms with Crippen molar-refractivity contribution in [3.63, 3.8) is 0 Å². The molecule has 0 bridgehead atoms. The van der Waals surface area contributed by atoms with Crippen LogP contribution in [0.15, 0.2) is 12.2 Å². The second kappa shape index (κ2) is 4.90. The highest BCUT2D eigenvalue weighted by molar-refractivity contribution is 6.83. The van der Waals surface area contributed by atoms with Gasteiger partial charge in [0, 0.05) is 0 Å². The number of carbonyl (C=O) groups is 1. The van der Waals surface area contributed by atoms with E-state index in [4.69, 9.17) is 5.26 Å². The van der Waals surface area contributed by atoms with Gasteiger partial charge in [-0.25, -0.2) is 0 Å². The largest absolute Gasteiger partial charge is 0.293 e. The third kappa shape index (κ3) is 3.58. The molecule has 2 unspecified atom stereocenters. The maximum absolute atomic E-state index is 11.5. The molecule has 17 heavy (non-hydrogen) atoms. The monoisotopic (exact) mass is 245 g/mol. The third-order valence-electron chi connectivity index (χ3n) is 2.95. The fraction of sp³-hybridized carbons (Fsp3) is 0.571. The van der Waals surface area contributed by atoms with Gasteiger partial charge in [0.1, 0.15) is 14.0 Å². The quantitative estimate of drug-likeness (QED) is 0.526. The Labute approximate surface area is 105 Å². The zero-order valence-electron chi connectivity index (χ0n) is 11.0. The molecule has 0 N–H and O–H groups in total. The first-order valence-electron chi connectivity index (χ1n) is 5.99. The highest BCUT2D eigenvalue weighted by Crippen LogP contribution is 2.35. The number of rotatable bonds is 1. The Morgan fingerprint density at radius 1 is 1.53 bits per heavy atom. The van der Waals surface area contributed by atoms with Crippen molar-refractivity contribution in [2.24, 2.45) is 11.3 Å². The first-order chi connectivity index (χ1) is 7.82. The summed E-state index contributed by atoms with van der Waals surface area (Å²) in [6.45, 7) is 8.65. The van der Waals surface area contributed by atoms with E-state index >= 15 is 0 Å². The molecule has 0 aromatic heterocycles. The van der Waals surface area contributed by atoms with Gasteiger partial charge in [0.25, 0.3) is 0 Å². The number of ketones is 1. The second-order valence-corrected chi connectivity index (χ2v) is 10.4. The van der Waals surface area contributed by atoms with Gasteiger partial charge in [-0.3, -0.25) is 4.79 Å². The molecule has 0 aromatic rings. The summed E-state index contributed by atoms with van der Waals surface area (Å²) in [5, 5.41) is 8.97. The van der Waals surface area contributed by atoms with Crippen LogP contribution in [0.5, 0.6) is 0 Å². The summed E-state index contributed by atoms with van der Waals surface area (Å²) in [6.07, 6.45) is 4.84. The van der Waals surface area contributed by atoms with Crippen LogP contribution < -0.4 is 0 Å². The molecular weight excluding hydrogens is 226 g/mol. The fourth-order valence-corrected chi connectivity index (χ4v) is 2.38. The Morgan fingerprint density at radius 3 is 2.65 bits per heavy atom. The molecule has 0 spiro atoms. The van der Waals surface area contributed by atoms with E-state index in [0.717, 1.165) is 6.42 Å². The maximum Gasteiger partial charge on any atom is 0.172 e. The van der Waals surface area contributed by atoms with E-state index in [-0.39, 0.29) is 11.2 Å². The Balaban J connectivity index is 3.06. The SMILES string of the molecule is CCC1(C#C[Si](C)(C)C)C=CC(=O)C(C#N)C1. The molecule has 90 valence electrons. The van der Waals surface area contributed by atoms with Gasteiger partial charge in [-0.1, -0.05) is 38.6 Å². The average Bonchev–Trinajstić information content (AvgIpc) is 2.27. The highest BCUT2D eigenvalue weighted by atomic mass is 28.3. The molecule has 1 aliphatic carbocycles. The van der Waals surface area contributed by atoms with Crippen LogP contribution in [0.25, 0.3) is 0 Å². The molecule has 3 heteroatoms. The van der Waals surface area contributed by atoms with Crippen LogP contribution in [0.2, 0.25) is 19.6 Å². The van der Waals surface area contributed by atoms with Crippen LogP contribution in [0.3, 0.4) is 0 Å². The maximum atomic E-state index is 11.5. The minimum absolute atomic E-state index is 0.0774. The van der Waals surface area contributed by atoms with E-state index in [2.05, 4.69) is 44.1 Å². The van der Waals surface area contributed by atoms with Crippen molar-refractivity contribution in [2.45, 2.75) is 39.4 Å². The van der Waals surface area contributed by atoms with Gasteiger partial charge in [0.15, 0.2) is 5.78 Å². The van der Waals surface area contributed by atoms with E-state index in [9.17, 15) is 4.79 Å². The van der Waals surface area contributed by atoms with E-state index in [1.807, 2.05) is 6.08 Å². The predicted octanol–water partition coefficient (Wildman–Crippen LogP) is 2.93. The average molecular weight is 245 g/mol. The zero-order chi connectivity index (χ0) is 13.1. The number of allylic oxidation sites excluding steroid dienone is 2. The van der Waals surface area contributed by atoms with Gasteiger partial charge >= 0.3 is 0 Å². The molecular formula is C14H19NOSi. The third-order valence-corrected chi connectivity index (χ3v) is 3.83. The lowest BCUT2D eigenvalue weighted by Crippen LogP contribution is -2.29. The lowest BCUT2D eigenvalue weighted by molar-refractivity contribution is -0.117. The normalized spacial score (nSPS) is 28.2. The minimum atomic E-state index is -1.42. The van der Waals surface area contributed by atoms with Crippen molar-refractivity contribution in [1.82, 2.24) is 0 Å². The summed E-state index contributed by atoms with van der Waals surface area (Å²) in [5.74, 6) is 2.74. The van der Waals surface area contributed by atoms with Gasteiger partial charge in [-0.15, -0.1) is 5.54 Å². The molecule has 0 fully saturated rings. The van der Waals surface area contributed by atoms with Crippen molar-refractivity contribution in [1.29, 1.82) is 5.26 Å². The summed E-state index contributed by atoms with van der Waals surface area (Å²) in [7, 11) is -1.42. The van der Waals surface area contributed by atoms with Gasteiger partial charge in [0.05, 0.1) is 11.5 Å². The lowest BCUT2D eigenvalue weighted by Gasteiger charge is -2.28. The van der Waals surface area contributed by atoms with Gasteiger partial charge in [0.2, 0.25) is 0 Å². The number of nitriles is 1. The molecule has 0 aliphatic heterocycles. The molecule has 2 nitrogen and oxygen atoms in total. The first-order valence-corrected chi connectivity index (χ1v) is 9.49. The molecule has 0 saturated heterocycles. The van der Waals surface area contributed by atoms with Crippen molar-refractivity contribution in [3.05, 3.63) is 12.2 Å². The summed E-state index contributed by atoms with van der Waals surface area (Å²) in [4.78, 5) is 11.5. The summed E-state index contributed by atoms with van der Waals surface area (Å²) < 4.78 is 0. The molecule has 0 heterocycles. The number of hydrogen-bond acceptors (Lipinski definition) is 2.